The van der Waals surface area contributed by atoms with Crippen LogP contribution >= 0.6 is 0 Å². The SMILES string of the molecule is CCCCCCC(C)Oc1cc([N+](=O)[O-])c(-c2ccc(C(=O)O)cc2)cc1N. The lowest BCUT2D eigenvalue weighted by atomic mass is 10.0. The van der Waals surface area contributed by atoms with Gasteiger partial charge in [-0.3, -0.25) is 10.1 Å². The molecule has 28 heavy (non-hydrogen) atoms. The van der Waals surface area contributed by atoms with Crippen molar-refractivity contribution in [3.63, 3.8) is 0 Å². The average Bonchev–Trinajstić information content (AvgIpc) is 2.66. The maximum atomic E-state index is 11.6. The van der Waals surface area contributed by atoms with E-state index in [1.54, 1.807) is 0 Å². The van der Waals surface area contributed by atoms with Gasteiger partial charge in [0.2, 0.25) is 0 Å². The summed E-state index contributed by atoms with van der Waals surface area (Å²) in [5.41, 5.74) is 7.21. The highest BCUT2D eigenvalue weighted by Gasteiger charge is 2.21. The van der Waals surface area contributed by atoms with E-state index in [1.807, 2.05) is 6.92 Å². The van der Waals surface area contributed by atoms with Gasteiger partial charge in [0.15, 0.2) is 0 Å². The molecule has 0 heterocycles. The van der Waals surface area contributed by atoms with E-state index in [1.165, 1.54) is 42.8 Å². The standard InChI is InChI=1S/C21H26N2O5/c1-3-4-5-6-7-14(2)28-20-13-19(23(26)27)17(12-18(20)22)15-8-10-16(11-9-15)21(24)25/h8-14H,3-7,22H2,1-2H3,(H,24,25). The number of aromatic carboxylic acids is 1. The Hall–Kier alpha value is -3.09. The molecule has 0 aliphatic heterocycles. The third-order valence-corrected chi connectivity index (χ3v) is 4.56. The maximum absolute atomic E-state index is 11.6. The summed E-state index contributed by atoms with van der Waals surface area (Å²) >= 11 is 0. The third kappa shape index (κ3) is 5.45. The fourth-order valence-electron chi connectivity index (χ4n) is 3.00. The third-order valence-electron chi connectivity index (χ3n) is 4.56. The zero-order chi connectivity index (χ0) is 20.7. The number of rotatable bonds is 10. The molecule has 2 aromatic carbocycles. The number of carboxylic acid groups (broad SMARTS) is 1. The van der Waals surface area contributed by atoms with Crippen LogP contribution in [0.15, 0.2) is 36.4 Å². The van der Waals surface area contributed by atoms with Crippen molar-refractivity contribution in [2.24, 2.45) is 0 Å². The highest BCUT2D eigenvalue weighted by atomic mass is 16.6. The number of hydrogen-bond acceptors (Lipinski definition) is 5. The van der Waals surface area contributed by atoms with E-state index in [0.29, 0.717) is 22.6 Å². The van der Waals surface area contributed by atoms with Crippen LogP contribution in [0.4, 0.5) is 11.4 Å². The molecule has 1 unspecified atom stereocenters. The lowest BCUT2D eigenvalue weighted by Crippen LogP contribution is -2.13. The van der Waals surface area contributed by atoms with Crippen LogP contribution in [0.3, 0.4) is 0 Å². The van der Waals surface area contributed by atoms with Crippen LogP contribution in [-0.4, -0.2) is 22.1 Å². The van der Waals surface area contributed by atoms with Crippen LogP contribution in [0.1, 0.15) is 56.3 Å². The van der Waals surface area contributed by atoms with Crippen molar-refractivity contribution in [3.05, 3.63) is 52.1 Å². The van der Waals surface area contributed by atoms with E-state index < -0.39 is 10.9 Å². The smallest absolute Gasteiger partial charge is 0.335 e. The van der Waals surface area contributed by atoms with Crippen LogP contribution in [0.25, 0.3) is 11.1 Å². The van der Waals surface area contributed by atoms with Gasteiger partial charge in [-0.25, -0.2) is 4.79 Å². The molecular formula is C21H26N2O5. The highest BCUT2D eigenvalue weighted by molar-refractivity contribution is 5.89. The Morgan fingerprint density at radius 3 is 2.46 bits per heavy atom. The second-order valence-electron chi connectivity index (χ2n) is 6.82. The molecule has 3 N–H and O–H groups in total. The first-order chi connectivity index (χ1) is 13.3. The van der Waals surface area contributed by atoms with Gasteiger partial charge >= 0.3 is 5.97 Å². The summed E-state index contributed by atoms with van der Waals surface area (Å²) in [6, 6.07) is 8.72. The van der Waals surface area contributed by atoms with Gasteiger partial charge in [0.05, 0.1) is 33.9 Å². The summed E-state index contributed by atoms with van der Waals surface area (Å²) < 4.78 is 5.85. The predicted octanol–water partition coefficient (Wildman–Crippen LogP) is 5.28. The Morgan fingerprint density at radius 2 is 1.89 bits per heavy atom. The molecule has 0 aliphatic carbocycles. The minimum absolute atomic E-state index is 0.0977. The monoisotopic (exact) mass is 386 g/mol. The van der Waals surface area contributed by atoms with Crippen LogP contribution in [0, 0.1) is 10.1 Å². The lowest BCUT2D eigenvalue weighted by molar-refractivity contribution is -0.384. The zero-order valence-electron chi connectivity index (χ0n) is 16.2. The predicted molar refractivity (Wildman–Crippen MR) is 109 cm³/mol. The number of nitro benzene ring substituents is 1. The van der Waals surface area contributed by atoms with Gasteiger partial charge in [-0.15, -0.1) is 0 Å². The summed E-state index contributed by atoms with van der Waals surface area (Å²) in [7, 11) is 0. The zero-order valence-corrected chi connectivity index (χ0v) is 16.2. The van der Waals surface area contributed by atoms with Crippen molar-refractivity contribution in [2.75, 3.05) is 5.73 Å². The minimum Gasteiger partial charge on any atom is -0.488 e. The number of nitrogen functional groups attached to an aromatic ring is 1. The van der Waals surface area contributed by atoms with E-state index in [4.69, 9.17) is 15.6 Å². The number of nitrogens with two attached hydrogens (primary N) is 1. The number of carboxylic acids is 1. The average molecular weight is 386 g/mol. The Kier molecular flexibility index (Phi) is 7.37. The van der Waals surface area contributed by atoms with Crippen LogP contribution < -0.4 is 10.5 Å². The Labute approximate surface area is 164 Å². The number of unbranched alkanes of at least 4 members (excludes halogenated alkanes) is 3. The summed E-state index contributed by atoms with van der Waals surface area (Å²) in [6.07, 6.45) is 5.25. The molecule has 2 aromatic rings. The molecule has 0 aromatic heterocycles. The number of nitrogens with zero attached hydrogens (tertiary/aromatic N) is 1. The van der Waals surface area contributed by atoms with Crippen molar-refractivity contribution in [1.82, 2.24) is 0 Å². The first kappa shape index (κ1) is 21.2. The Morgan fingerprint density at radius 1 is 1.21 bits per heavy atom. The van der Waals surface area contributed by atoms with Gasteiger partial charge in [0, 0.05) is 0 Å². The van der Waals surface area contributed by atoms with Gasteiger partial charge in [0.1, 0.15) is 5.75 Å². The normalized spacial score (nSPS) is 11.8. The largest absolute Gasteiger partial charge is 0.488 e. The van der Waals surface area contributed by atoms with Gasteiger partial charge < -0.3 is 15.6 Å². The van der Waals surface area contributed by atoms with Gasteiger partial charge in [-0.2, -0.15) is 0 Å². The molecule has 0 saturated carbocycles. The van der Waals surface area contributed by atoms with E-state index in [-0.39, 0.29) is 17.4 Å². The number of nitro groups is 1. The highest BCUT2D eigenvalue weighted by Crippen LogP contribution is 2.38. The molecular weight excluding hydrogens is 360 g/mol. The van der Waals surface area contributed by atoms with Crippen molar-refractivity contribution >= 4 is 17.3 Å². The van der Waals surface area contributed by atoms with Gasteiger partial charge in [-0.05, 0) is 43.5 Å². The summed E-state index contributed by atoms with van der Waals surface area (Å²) in [6.45, 7) is 4.08. The number of hydrogen-bond donors (Lipinski definition) is 2. The molecule has 0 bridgehead atoms. The first-order valence-corrected chi connectivity index (χ1v) is 9.41. The van der Waals surface area contributed by atoms with Crippen LogP contribution in [0.5, 0.6) is 5.75 Å². The van der Waals surface area contributed by atoms with Crippen LogP contribution in [-0.2, 0) is 0 Å². The van der Waals surface area contributed by atoms with Gasteiger partial charge in [0.25, 0.3) is 5.69 Å². The van der Waals surface area contributed by atoms with E-state index in [9.17, 15) is 14.9 Å². The molecule has 2 rings (SSSR count). The topological polar surface area (TPSA) is 116 Å². The molecule has 150 valence electrons. The van der Waals surface area contributed by atoms with E-state index in [0.717, 1.165) is 25.7 Å². The number of benzene rings is 2. The summed E-state index contributed by atoms with van der Waals surface area (Å²) in [5.74, 6) is -0.766. The van der Waals surface area contributed by atoms with E-state index >= 15 is 0 Å². The second kappa shape index (κ2) is 9.73. The fraction of sp³-hybridized carbons (Fsp3) is 0.381. The van der Waals surface area contributed by atoms with Crippen LogP contribution in [0.2, 0.25) is 0 Å². The molecule has 0 radical (unpaired) electrons. The lowest BCUT2D eigenvalue weighted by Gasteiger charge is -2.17. The summed E-state index contributed by atoms with van der Waals surface area (Å²) in [5, 5.41) is 20.6. The molecule has 0 fully saturated rings. The van der Waals surface area contributed by atoms with Gasteiger partial charge in [-0.1, -0.05) is 38.3 Å². The Bertz CT molecular complexity index is 833. The molecule has 1 atom stereocenters. The number of carbonyl (C=O) groups is 1. The Balaban J connectivity index is 2.26. The van der Waals surface area contributed by atoms with Crippen molar-refractivity contribution in [3.8, 4) is 16.9 Å². The molecule has 0 aliphatic rings. The minimum atomic E-state index is -1.06. The van der Waals surface area contributed by atoms with Crippen molar-refractivity contribution < 1.29 is 19.6 Å². The molecule has 0 saturated heterocycles. The van der Waals surface area contributed by atoms with Crippen molar-refractivity contribution in [2.45, 2.75) is 52.1 Å². The quantitative estimate of drug-likeness (QED) is 0.248. The fourth-order valence-corrected chi connectivity index (χ4v) is 3.00. The maximum Gasteiger partial charge on any atom is 0.335 e. The first-order valence-electron chi connectivity index (χ1n) is 9.41. The molecule has 0 amide bonds. The van der Waals surface area contributed by atoms with E-state index in [2.05, 4.69) is 6.92 Å². The molecule has 0 spiro atoms. The molecule has 7 nitrogen and oxygen atoms in total. The second-order valence-corrected chi connectivity index (χ2v) is 6.82. The number of ether oxygens (including phenoxy) is 1. The van der Waals surface area contributed by atoms with Crippen molar-refractivity contribution in [1.29, 1.82) is 0 Å². The number of anilines is 1. The molecule has 7 heteroatoms. The summed E-state index contributed by atoms with van der Waals surface area (Å²) in [4.78, 5) is 22.1.